The minimum Gasteiger partial charge on any atom is -0.465 e. The van der Waals surface area contributed by atoms with Crippen molar-refractivity contribution in [3.8, 4) is 0 Å². The Kier molecular flexibility index (Phi) is 11.0. The van der Waals surface area contributed by atoms with Crippen LogP contribution in [0.15, 0.2) is 30.3 Å². The summed E-state index contributed by atoms with van der Waals surface area (Å²) in [6.45, 7) is 2.78. The number of ether oxygens (including phenoxy) is 1. The predicted molar refractivity (Wildman–Crippen MR) is 91.8 cm³/mol. The van der Waals surface area contributed by atoms with Gasteiger partial charge in [-0.25, -0.2) is 0 Å². The lowest BCUT2D eigenvalue weighted by molar-refractivity contribution is -0.142. The molecule has 0 aliphatic heterocycles. The normalized spacial score (nSPS) is 10.5. The number of hydrogen-bond donors (Lipinski definition) is 0. The van der Waals surface area contributed by atoms with Crippen LogP contribution >= 0.6 is 11.8 Å². The fourth-order valence-electron chi connectivity index (χ4n) is 2.11. The van der Waals surface area contributed by atoms with Gasteiger partial charge in [0.15, 0.2) is 0 Å². The Bertz CT molecular complexity index is 365. The third-order valence-corrected chi connectivity index (χ3v) is 4.36. The van der Waals surface area contributed by atoms with Crippen LogP contribution in [0, 0.1) is 0 Å². The summed E-state index contributed by atoms with van der Waals surface area (Å²) in [5, 5.41) is 0. The van der Waals surface area contributed by atoms with Crippen molar-refractivity contribution in [2.45, 2.75) is 51.9 Å². The number of rotatable bonds is 12. The van der Waals surface area contributed by atoms with Crippen molar-refractivity contribution < 1.29 is 9.53 Å². The highest BCUT2D eigenvalue weighted by molar-refractivity contribution is 7.99. The van der Waals surface area contributed by atoms with Gasteiger partial charge in [0.05, 0.1) is 6.42 Å². The van der Waals surface area contributed by atoms with Crippen LogP contribution < -0.4 is 0 Å². The quantitative estimate of drug-likeness (QED) is 0.407. The maximum Gasteiger partial charge on any atom is 0.310 e. The van der Waals surface area contributed by atoms with Gasteiger partial charge < -0.3 is 4.74 Å². The molecule has 118 valence electrons. The number of unbranched alkanes of at least 4 members (excludes halogenated alkanes) is 5. The molecule has 0 aliphatic carbocycles. The maximum atomic E-state index is 11.6. The Balaban J connectivity index is 1.89. The Hall–Kier alpha value is -0.960. The topological polar surface area (TPSA) is 26.3 Å². The fourth-order valence-corrected chi connectivity index (χ4v) is 2.93. The lowest BCUT2D eigenvalue weighted by Crippen LogP contribution is -2.10. The molecule has 1 aromatic carbocycles. The van der Waals surface area contributed by atoms with Crippen molar-refractivity contribution in [2.75, 3.05) is 18.1 Å². The van der Waals surface area contributed by atoms with Crippen molar-refractivity contribution in [2.24, 2.45) is 0 Å². The number of thioether (sulfide) groups is 1. The van der Waals surface area contributed by atoms with Crippen LogP contribution in [0.25, 0.3) is 0 Å². The molecule has 0 amide bonds. The second-order valence-corrected chi connectivity index (χ2v) is 6.49. The first-order valence-corrected chi connectivity index (χ1v) is 9.25. The Morgan fingerprint density at radius 3 is 2.48 bits per heavy atom. The number of carbonyl (C=O) groups is 1. The van der Waals surface area contributed by atoms with Crippen LogP contribution in [0.1, 0.15) is 51.0 Å². The molecule has 0 atom stereocenters. The number of hydrogen-bond acceptors (Lipinski definition) is 3. The molecule has 0 aromatic heterocycles. The number of carbonyl (C=O) groups excluding carboxylic acids is 1. The first kappa shape index (κ1) is 18.1. The highest BCUT2D eigenvalue weighted by Gasteiger charge is 2.03. The predicted octanol–water partition coefficient (Wildman–Crippen LogP) is 4.87. The highest BCUT2D eigenvalue weighted by atomic mass is 32.2. The largest absolute Gasteiger partial charge is 0.465 e. The molecule has 3 heteroatoms. The van der Waals surface area contributed by atoms with E-state index in [1.54, 1.807) is 0 Å². The third kappa shape index (κ3) is 10.4. The summed E-state index contributed by atoms with van der Waals surface area (Å²) in [5.74, 6) is 1.97. The van der Waals surface area contributed by atoms with E-state index in [0.717, 1.165) is 11.3 Å². The van der Waals surface area contributed by atoms with E-state index < -0.39 is 0 Å². The average Bonchev–Trinajstić information content (AvgIpc) is 2.50. The minimum absolute atomic E-state index is 0.124. The lowest BCUT2D eigenvalue weighted by atomic mass is 10.1. The molecular weight excluding hydrogens is 280 g/mol. The smallest absolute Gasteiger partial charge is 0.310 e. The summed E-state index contributed by atoms with van der Waals surface area (Å²) in [5.41, 5.74) is 1.02. The summed E-state index contributed by atoms with van der Waals surface area (Å²) in [7, 11) is 0. The van der Waals surface area contributed by atoms with E-state index in [1.807, 2.05) is 42.1 Å². The van der Waals surface area contributed by atoms with Gasteiger partial charge in [0.25, 0.3) is 0 Å². The monoisotopic (exact) mass is 308 g/mol. The van der Waals surface area contributed by atoms with Gasteiger partial charge in [-0.05, 0) is 17.7 Å². The molecule has 0 bridgehead atoms. The van der Waals surface area contributed by atoms with E-state index >= 15 is 0 Å². The third-order valence-electron chi connectivity index (χ3n) is 3.32. The van der Waals surface area contributed by atoms with Crippen molar-refractivity contribution in [3.05, 3.63) is 35.9 Å². The van der Waals surface area contributed by atoms with Crippen LogP contribution in [0.4, 0.5) is 0 Å². The Labute approximate surface area is 133 Å². The first-order chi connectivity index (χ1) is 10.3. The molecule has 1 rings (SSSR count). The molecular formula is C18H28O2S. The number of esters is 1. The van der Waals surface area contributed by atoms with Gasteiger partial charge in [0, 0.05) is 5.75 Å². The van der Waals surface area contributed by atoms with Crippen molar-refractivity contribution in [1.29, 1.82) is 0 Å². The van der Waals surface area contributed by atoms with Gasteiger partial charge in [-0.2, -0.15) is 11.8 Å². The summed E-state index contributed by atoms with van der Waals surface area (Å²) >= 11 is 1.89. The molecule has 0 fully saturated rings. The van der Waals surface area contributed by atoms with Crippen molar-refractivity contribution >= 4 is 17.7 Å². The lowest BCUT2D eigenvalue weighted by Gasteiger charge is -2.05. The summed E-state index contributed by atoms with van der Waals surface area (Å²) in [4.78, 5) is 11.6. The molecule has 0 N–H and O–H groups in total. The highest BCUT2D eigenvalue weighted by Crippen LogP contribution is 2.09. The fraction of sp³-hybridized carbons (Fsp3) is 0.611. The Morgan fingerprint density at radius 1 is 1.00 bits per heavy atom. The Morgan fingerprint density at radius 2 is 1.71 bits per heavy atom. The molecule has 0 heterocycles. The molecule has 1 aromatic rings. The standard InChI is InChI=1S/C18H28O2S/c1-2-3-4-5-6-10-14-21-15-13-20-18(19)16-17-11-8-7-9-12-17/h7-9,11-12H,2-6,10,13-16H2,1H3. The second kappa shape index (κ2) is 12.8. The van der Waals surface area contributed by atoms with Gasteiger partial charge in [-0.3, -0.25) is 4.79 Å². The zero-order valence-electron chi connectivity index (χ0n) is 13.2. The van der Waals surface area contributed by atoms with Gasteiger partial charge >= 0.3 is 5.97 Å². The van der Waals surface area contributed by atoms with Crippen molar-refractivity contribution in [3.63, 3.8) is 0 Å². The van der Waals surface area contributed by atoms with Crippen LogP contribution in [-0.2, 0) is 16.0 Å². The average molecular weight is 308 g/mol. The van der Waals surface area contributed by atoms with Crippen molar-refractivity contribution in [1.82, 2.24) is 0 Å². The van der Waals surface area contributed by atoms with E-state index in [1.165, 1.54) is 44.3 Å². The zero-order valence-corrected chi connectivity index (χ0v) is 14.0. The molecule has 0 aliphatic rings. The molecule has 0 unspecified atom stereocenters. The van der Waals surface area contributed by atoms with Crippen LogP contribution in [0.2, 0.25) is 0 Å². The second-order valence-electron chi connectivity index (χ2n) is 5.26. The molecule has 0 radical (unpaired) electrons. The van der Waals surface area contributed by atoms with Gasteiger partial charge in [0.1, 0.15) is 6.61 Å². The zero-order chi connectivity index (χ0) is 15.2. The van der Waals surface area contributed by atoms with Crippen LogP contribution in [0.3, 0.4) is 0 Å². The first-order valence-electron chi connectivity index (χ1n) is 8.10. The van der Waals surface area contributed by atoms with E-state index in [9.17, 15) is 4.79 Å². The van der Waals surface area contributed by atoms with E-state index in [-0.39, 0.29) is 5.97 Å². The van der Waals surface area contributed by atoms with Gasteiger partial charge in [-0.15, -0.1) is 0 Å². The van der Waals surface area contributed by atoms with Crippen LogP contribution in [-0.4, -0.2) is 24.1 Å². The summed E-state index contributed by atoms with van der Waals surface area (Å²) < 4.78 is 5.25. The SMILES string of the molecule is CCCCCCCCSCCOC(=O)Cc1ccccc1. The van der Waals surface area contributed by atoms with Gasteiger partial charge in [-0.1, -0.05) is 69.4 Å². The molecule has 0 spiro atoms. The van der Waals surface area contributed by atoms with E-state index in [0.29, 0.717) is 13.0 Å². The summed E-state index contributed by atoms with van der Waals surface area (Å²) in [6, 6.07) is 9.74. The summed E-state index contributed by atoms with van der Waals surface area (Å²) in [6.07, 6.45) is 8.41. The molecule has 0 saturated heterocycles. The minimum atomic E-state index is -0.124. The van der Waals surface area contributed by atoms with E-state index in [2.05, 4.69) is 6.92 Å². The maximum absolute atomic E-state index is 11.6. The molecule has 0 saturated carbocycles. The van der Waals surface area contributed by atoms with Gasteiger partial charge in [0.2, 0.25) is 0 Å². The number of benzene rings is 1. The molecule has 2 nitrogen and oxygen atoms in total. The van der Waals surface area contributed by atoms with E-state index in [4.69, 9.17) is 4.74 Å². The molecule has 21 heavy (non-hydrogen) atoms. The van der Waals surface area contributed by atoms with Crippen LogP contribution in [0.5, 0.6) is 0 Å².